The number of rotatable bonds is 8. The largest absolute Gasteiger partial charge is 0.508 e. The summed E-state index contributed by atoms with van der Waals surface area (Å²) in [4.78, 5) is 36.5. The molecule has 0 aliphatic rings. The molecule has 0 saturated heterocycles. The van der Waals surface area contributed by atoms with Crippen LogP contribution >= 0.6 is 11.3 Å². The number of hydrogen-bond donors (Lipinski definition) is 4. The number of hydrogen-bond acceptors (Lipinski definition) is 11. The highest BCUT2D eigenvalue weighted by molar-refractivity contribution is 7.13. The Bertz CT molecular complexity index is 2070. The number of thiazole rings is 1. The zero-order valence-electron chi connectivity index (χ0n) is 22.3. The van der Waals surface area contributed by atoms with Crippen LogP contribution in [0.4, 0.5) is 27.5 Å². The average molecular weight is 611 g/mol. The topological polar surface area (TPSA) is 177 Å². The summed E-state index contributed by atoms with van der Waals surface area (Å²) >= 11 is 1.15. The first-order valence-corrected chi connectivity index (χ1v) is 13.7. The summed E-state index contributed by atoms with van der Waals surface area (Å²) in [5, 5.41) is 38.6. The molecule has 0 aliphatic heterocycles. The maximum atomic E-state index is 15.3. The van der Waals surface area contributed by atoms with Crippen molar-refractivity contribution in [2.45, 2.75) is 0 Å². The Kier molecular flexibility index (Phi) is 7.39. The number of halogens is 1. The number of carbonyl (C=O) groups is 1. The summed E-state index contributed by atoms with van der Waals surface area (Å²) in [6.45, 7) is 0. The van der Waals surface area contributed by atoms with Gasteiger partial charge in [0.15, 0.2) is 5.82 Å². The van der Waals surface area contributed by atoms with Crippen molar-refractivity contribution in [3.05, 3.63) is 111 Å². The number of benzene rings is 3. The monoisotopic (exact) mass is 610 g/mol. The minimum atomic E-state index is -0.770. The highest BCUT2D eigenvalue weighted by Gasteiger charge is 2.18. The first-order valence-electron chi connectivity index (χ1n) is 12.8. The van der Waals surface area contributed by atoms with Crippen molar-refractivity contribution < 1.29 is 28.7 Å². The highest BCUT2D eigenvalue weighted by atomic mass is 32.1. The number of nitro groups is 1. The van der Waals surface area contributed by atoms with Gasteiger partial charge in [-0.15, -0.1) is 11.3 Å². The van der Waals surface area contributed by atoms with E-state index in [1.54, 1.807) is 30.3 Å². The third-order valence-corrected chi connectivity index (χ3v) is 7.12. The van der Waals surface area contributed by atoms with Crippen LogP contribution in [0.15, 0.2) is 82.6 Å². The van der Waals surface area contributed by atoms with Crippen LogP contribution in [-0.2, 0) is 0 Å². The number of anilines is 3. The van der Waals surface area contributed by atoms with Crippen molar-refractivity contribution in [1.29, 1.82) is 0 Å². The van der Waals surface area contributed by atoms with Gasteiger partial charge in [0.05, 0.1) is 22.8 Å². The van der Waals surface area contributed by atoms with Crippen molar-refractivity contribution in [2.24, 2.45) is 0 Å². The second kappa shape index (κ2) is 11.6. The molecule has 14 heteroatoms. The zero-order chi connectivity index (χ0) is 30.8. The van der Waals surface area contributed by atoms with Crippen LogP contribution in [0.25, 0.3) is 33.6 Å². The van der Waals surface area contributed by atoms with Gasteiger partial charge in [0.1, 0.15) is 44.5 Å². The van der Waals surface area contributed by atoms with E-state index in [-0.39, 0.29) is 45.8 Å². The van der Waals surface area contributed by atoms with E-state index in [0.29, 0.717) is 21.6 Å². The van der Waals surface area contributed by atoms with E-state index in [0.717, 1.165) is 17.4 Å². The van der Waals surface area contributed by atoms with E-state index in [2.05, 4.69) is 25.6 Å². The number of phenolic OH excluding ortho intramolecular Hbond substituents is 2. The van der Waals surface area contributed by atoms with E-state index < -0.39 is 22.5 Å². The fourth-order valence-corrected chi connectivity index (χ4v) is 4.98. The number of aromatic nitrogens is 3. The fourth-order valence-electron chi connectivity index (χ4n) is 4.14. The van der Waals surface area contributed by atoms with Crippen LogP contribution in [0.1, 0.15) is 22.1 Å². The molecule has 1 amide bonds. The van der Waals surface area contributed by atoms with E-state index in [4.69, 9.17) is 4.42 Å². The average Bonchev–Trinajstić information content (AvgIpc) is 3.69. The number of fused-ring (bicyclic) bond motifs is 1. The van der Waals surface area contributed by atoms with Gasteiger partial charge in [-0.2, -0.15) is 0 Å². The van der Waals surface area contributed by atoms with E-state index in [9.17, 15) is 25.1 Å². The minimum absolute atomic E-state index is 0.0164. The molecule has 6 aromatic rings. The van der Waals surface area contributed by atoms with Gasteiger partial charge < -0.3 is 25.3 Å². The zero-order valence-corrected chi connectivity index (χ0v) is 23.1. The van der Waals surface area contributed by atoms with E-state index in [1.807, 2.05) is 0 Å². The van der Waals surface area contributed by atoms with Crippen molar-refractivity contribution in [2.75, 3.05) is 10.6 Å². The SMILES string of the molecule is O=C(Nc1cc2c(Nc3ccc(O)cc3)nc(/C=C/c3ccc([N+](=O)[O-])o3)nc2cc1F)c1csc(-c2ccccc2O)n1. The van der Waals surface area contributed by atoms with Gasteiger partial charge in [-0.25, -0.2) is 19.3 Å². The van der Waals surface area contributed by atoms with E-state index >= 15 is 4.39 Å². The molecule has 12 nitrogen and oxygen atoms in total. The quantitative estimate of drug-likeness (QED) is 0.0799. The van der Waals surface area contributed by atoms with Gasteiger partial charge in [0.2, 0.25) is 0 Å². The number of aromatic hydroxyl groups is 2. The Hall–Kier alpha value is -6.15. The van der Waals surface area contributed by atoms with Crippen LogP contribution in [0.2, 0.25) is 0 Å². The van der Waals surface area contributed by atoms with Crippen molar-refractivity contribution >= 4 is 63.4 Å². The molecule has 3 aromatic carbocycles. The number of nitrogens with zero attached hydrogens (tertiary/aromatic N) is 4. The molecule has 0 atom stereocenters. The molecule has 4 N–H and O–H groups in total. The van der Waals surface area contributed by atoms with Gasteiger partial charge in [-0.05, 0) is 60.7 Å². The maximum Gasteiger partial charge on any atom is 0.433 e. The molecule has 0 aliphatic carbocycles. The lowest BCUT2D eigenvalue weighted by molar-refractivity contribution is -0.402. The first-order chi connectivity index (χ1) is 21.2. The molecule has 218 valence electrons. The molecule has 6 rings (SSSR count). The Labute approximate surface area is 251 Å². The number of carbonyl (C=O) groups excluding carboxylic acids is 1. The number of furan rings is 1. The number of phenols is 2. The molecule has 3 heterocycles. The lowest BCUT2D eigenvalue weighted by atomic mass is 10.1. The van der Waals surface area contributed by atoms with Crippen molar-refractivity contribution in [3.63, 3.8) is 0 Å². The van der Waals surface area contributed by atoms with Gasteiger partial charge in [0, 0.05) is 22.5 Å². The number of amides is 1. The van der Waals surface area contributed by atoms with Crippen LogP contribution in [0.3, 0.4) is 0 Å². The third kappa shape index (κ3) is 5.91. The molecule has 0 unspecified atom stereocenters. The van der Waals surface area contributed by atoms with Gasteiger partial charge in [-0.1, -0.05) is 12.1 Å². The molecule has 0 radical (unpaired) electrons. The van der Waals surface area contributed by atoms with Crippen molar-refractivity contribution in [1.82, 2.24) is 15.0 Å². The normalized spacial score (nSPS) is 11.2. The lowest BCUT2D eigenvalue weighted by Gasteiger charge is -2.12. The van der Waals surface area contributed by atoms with Gasteiger partial charge in [-0.3, -0.25) is 14.9 Å². The summed E-state index contributed by atoms with van der Waals surface area (Å²) in [6.07, 6.45) is 2.88. The summed E-state index contributed by atoms with van der Waals surface area (Å²) in [5.74, 6) is -1.23. The molecular formula is C30H19FN6O6S. The fraction of sp³-hybridized carbons (Fsp3) is 0. The first kappa shape index (κ1) is 28.0. The van der Waals surface area contributed by atoms with Gasteiger partial charge >= 0.3 is 5.88 Å². The molecule has 0 fully saturated rings. The predicted octanol–water partition coefficient (Wildman–Crippen LogP) is 6.97. The lowest BCUT2D eigenvalue weighted by Crippen LogP contribution is -2.13. The smallest absolute Gasteiger partial charge is 0.433 e. The predicted molar refractivity (Wildman–Crippen MR) is 162 cm³/mol. The summed E-state index contributed by atoms with van der Waals surface area (Å²) in [7, 11) is 0. The van der Waals surface area contributed by atoms with E-state index in [1.165, 1.54) is 53.9 Å². The third-order valence-electron chi connectivity index (χ3n) is 6.24. The Balaban J connectivity index is 1.34. The Morgan fingerprint density at radius 2 is 1.80 bits per heavy atom. The minimum Gasteiger partial charge on any atom is -0.508 e. The van der Waals surface area contributed by atoms with Crippen molar-refractivity contribution in [3.8, 4) is 22.1 Å². The standard InChI is InChI=1S/C30H19FN6O6S/c31-21-14-22-20(13-23(21)34-29(40)24-15-44-30(35-24)19-3-1-2-4-25(19)39)28(32-16-5-7-17(38)8-6-16)36-26(33-22)11-9-18-10-12-27(43-18)37(41)42/h1-15,38-39H,(H,34,40)(H,32,33,36)/b11-9+. The van der Waals surface area contributed by atoms with Crippen LogP contribution < -0.4 is 10.6 Å². The summed E-state index contributed by atoms with van der Waals surface area (Å²) in [6, 6.07) is 17.9. The number of nitrogens with one attached hydrogen (secondary N) is 2. The molecule has 0 spiro atoms. The second-order valence-corrected chi connectivity index (χ2v) is 10.1. The maximum absolute atomic E-state index is 15.3. The van der Waals surface area contributed by atoms with Gasteiger partial charge in [0.25, 0.3) is 5.91 Å². The highest BCUT2D eigenvalue weighted by Crippen LogP contribution is 2.33. The Morgan fingerprint density at radius 3 is 2.55 bits per heavy atom. The molecular weight excluding hydrogens is 591 g/mol. The summed E-state index contributed by atoms with van der Waals surface area (Å²) < 4.78 is 20.4. The van der Waals surface area contributed by atoms with Crippen LogP contribution in [0, 0.1) is 15.9 Å². The van der Waals surface area contributed by atoms with Crippen LogP contribution in [0.5, 0.6) is 11.5 Å². The Morgan fingerprint density at radius 1 is 1.00 bits per heavy atom. The molecule has 44 heavy (non-hydrogen) atoms. The van der Waals surface area contributed by atoms with Crippen LogP contribution in [-0.4, -0.2) is 36.0 Å². The summed E-state index contributed by atoms with van der Waals surface area (Å²) in [5.41, 5.74) is 1.09. The molecule has 3 aromatic heterocycles. The number of para-hydroxylation sites is 1. The molecule has 0 saturated carbocycles. The molecule has 0 bridgehead atoms. The second-order valence-electron chi connectivity index (χ2n) is 9.23.